The summed E-state index contributed by atoms with van der Waals surface area (Å²) in [6, 6.07) is 1.67. The molecule has 2 rings (SSSR count). The van der Waals surface area contributed by atoms with Crippen molar-refractivity contribution in [2.75, 3.05) is 0 Å². The molecular weight excluding hydrogens is 206 g/mol. The van der Waals surface area contributed by atoms with E-state index in [1.165, 1.54) is 7.05 Å². The summed E-state index contributed by atoms with van der Waals surface area (Å²) in [5.41, 5.74) is -0.296. The number of nitrogens with zero attached hydrogens (tertiary/aromatic N) is 2. The van der Waals surface area contributed by atoms with Gasteiger partial charge in [0.05, 0.1) is 10.9 Å². The fourth-order valence-corrected chi connectivity index (χ4v) is 1.45. The van der Waals surface area contributed by atoms with Gasteiger partial charge in [-0.3, -0.25) is 4.68 Å². The number of carboxylic acid groups (broad SMARTS) is 1. The lowest BCUT2D eigenvalue weighted by atomic mass is 10.2. The second kappa shape index (κ2) is 3.01. The van der Waals surface area contributed by atoms with Gasteiger partial charge in [-0.1, -0.05) is 0 Å². The molecule has 6 heteroatoms. The van der Waals surface area contributed by atoms with Gasteiger partial charge in [-0.05, 0) is 6.07 Å². The van der Waals surface area contributed by atoms with Crippen LogP contribution in [0.1, 0.15) is 10.5 Å². The molecule has 0 aliphatic rings. The maximum Gasteiger partial charge on any atom is 0.357 e. The highest BCUT2D eigenvalue weighted by Crippen LogP contribution is 2.22. The molecule has 15 heavy (non-hydrogen) atoms. The van der Waals surface area contributed by atoms with Crippen LogP contribution in [0.4, 0.5) is 8.78 Å². The molecule has 0 radical (unpaired) electrons. The van der Waals surface area contributed by atoms with Crippen molar-refractivity contribution in [2.24, 2.45) is 7.05 Å². The second-order valence-corrected chi connectivity index (χ2v) is 3.06. The van der Waals surface area contributed by atoms with Crippen molar-refractivity contribution in [3.63, 3.8) is 0 Å². The van der Waals surface area contributed by atoms with E-state index >= 15 is 0 Å². The fourth-order valence-electron chi connectivity index (χ4n) is 1.45. The fraction of sp³-hybridized carbons (Fsp3) is 0.111. The normalized spacial score (nSPS) is 10.9. The van der Waals surface area contributed by atoms with Gasteiger partial charge in [0.25, 0.3) is 0 Å². The Morgan fingerprint density at radius 3 is 2.73 bits per heavy atom. The first-order chi connectivity index (χ1) is 7.00. The van der Waals surface area contributed by atoms with E-state index in [1.807, 2.05) is 0 Å². The van der Waals surface area contributed by atoms with E-state index in [4.69, 9.17) is 5.11 Å². The summed E-state index contributed by atoms with van der Waals surface area (Å²) in [7, 11) is 1.42. The van der Waals surface area contributed by atoms with Crippen molar-refractivity contribution in [3.8, 4) is 0 Å². The third-order valence-corrected chi connectivity index (χ3v) is 2.07. The number of rotatable bonds is 1. The lowest BCUT2D eigenvalue weighted by Gasteiger charge is -1.95. The number of hydrogen-bond acceptors (Lipinski definition) is 2. The third-order valence-electron chi connectivity index (χ3n) is 2.07. The number of aromatic carboxylic acids is 1. The zero-order chi connectivity index (χ0) is 11.2. The van der Waals surface area contributed by atoms with Gasteiger partial charge in [0.2, 0.25) is 0 Å². The first kappa shape index (κ1) is 9.57. The summed E-state index contributed by atoms with van der Waals surface area (Å²) in [5.74, 6) is -3.03. The highest BCUT2D eigenvalue weighted by Gasteiger charge is 2.19. The molecule has 4 nitrogen and oxygen atoms in total. The Morgan fingerprint density at radius 2 is 2.13 bits per heavy atom. The predicted molar refractivity (Wildman–Crippen MR) is 47.6 cm³/mol. The van der Waals surface area contributed by atoms with E-state index in [9.17, 15) is 13.6 Å². The molecule has 1 N–H and O–H groups in total. The van der Waals surface area contributed by atoms with Crippen molar-refractivity contribution in [1.82, 2.24) is 9.78 Å². The minimum Gasteiger partial charge on any atom is -0.476 e. The van der Waals surface area contributed by atoms with Crippen LogP contribution in [0.15, 0.2) is 12.1 Å². The first-order valence-corrected chi connectivity index (χ1v) is 4.05. The number of carboxylic acids is 1. The molecule has 78 valence electrons. The van der Waals surface area contributed by atoms with Crippen LogP contribution in [0.3, 0.4) is 0 Å². The van der Waals surface area contributed by atoms with Crippen molar-refractivity contribution >= 4 is 16.9 Å². The number of carbonyl (C=O) groups is 1. The summed E-state index contributed by atoms with van der Waals surface area (Å²) in [4.78, 5) is 10.7. The minimum atomic E-state index is -1.34. The maximum atomic E-state index is 13.3. The highest BCUT2D eigenvalue weighted by atomic mass is 19.1. The van der Waals surface area contributed by atoms with Crippen LogP contribution in [-0.4, -0.2) is 20.9 Å². The molecule has 0 amide bonds. The molecular formula is C9H6F2N2O2. The summed E-state index contributed by atoms with van der Waals surface area (Å²) < 4.78 is 27.3. The van der Waals surface area contributed by atoms with Crippen LogP contribution in [0.25, 0.3) is 10.9 Å². The Labute approximate surface area is 82.7 Å². The Kier molecular flexibility index (Phi) is 1.92. The van der Waals surface area contributed by atoms with Crippen molar-refractivity contribution in [1.29, 1.82) is 0 Å². The van der Waals surface area contributed by atoms with Crippen LogP contribution in [-0.2, 0) is 7.05 Å². The molecule has 0 aliphatic heterocycles. The topological polar surface area (TPSA) is 55.1 Å². The molecule has 0 saturated carbocycles. The monoisotopic (exact) mass is 212 g/mol. The average molecular weight is 212 g/mol. The highest BCUT2D eigenvalue weighted by molar-refractivity contribution is 6.01. The summed E-state index contributed by atoms with van der Waals surface area (Å²) in [6.07, 6.45) is 0. The zero-order valence-electron chi connectivity index (χ0n) is 7.66. The summed E-state index contributed by atoms with van der Waals surface area (Å²) in [5, 5.41) is 12.2. The zero-order valence-corrected chi connectivity index (χ0v) is 7.66. The van der Waals surface area contributed by atoms with Crippen molar-refractivity contribution in [3.05, 3.63) is 29.5 Å². The van der Waals surface area contributed by atoms with Gasteiger partial charge in [0.1, 0.15) is 11.6 Å². The number of aryl methyl sites for hydroxylation is 1. The molecule has 0 unspecified atom stereocenters. The quantitative estimate of drug-likeness (QED) is 0.780. The van der Waals surface area contributed by atoms with E-state index in [2.05, 4.69) is 5.10 Å². The van der Waals surface area contributed by atoms with E-state index in [0.29, 0.717) is 6.07 Å². The SMILES string of the molecule is Cn1nc(C(=O)O)c2c(F)cc(F)cc21. The number of benzene rings is 1. The number of fused-ring (bicyclic) bond motifs is 1. The lowest BCUT2D eigenvalue weighted by molar-refractivity contribution is 0.0691. The van der Waals surface area contributed by atoms with Crippen LogP contribution < -0.4 is 0 Å². The van der Waals surface area contributed by atoms with Gasteiger partial charge in [-0.25, -0.2) is 13.6 Å². The second-order valence-electron chi connectivity index (χ2n) is 3.06. The van der Waals surface area contributed by atoms with E-state index in [0.717, 1.165) is 10.7 Å². The summed E-state index contributed by atoms with van der Waals surface area (Å²) in [6.45, 7) is 0. The van der Waals surface area contributed by atoms with E-state index in [1.54, 1.807) is 0 Å². The maximum absolute atomic E-state index is 13.3. The Morgan fingerprint density at radius 1 is 1.47 bits per heavy atom. The minimum absolute atomic E-state index is 0.116. The number of halogens is 2. The van der Waals surface area contributed by atoms with Crippen molar-refractivity contribution in [2.45, 2.75) is 0 Å². The molecule has 0 saturated heterocycles. The van der Waals surface area contributed by atoms with Crippen LogP contribution in [0.2, 0.25) is 0 Å². The molecule has 1 heterocycles. The molecule has 0 spiro atoms. The Balaban J connectivity index is 2.93. The largest absolute Gasteiger partial charge is 0.476 e. The molecule has 2 aromatic rings. The number of aromatic nitrogens is 2. The van der Waals surface area contributed by atoms with Crippen molar-refractivity contribution < 1.29 is 18.7 Å². The third kappa shape index (κ3) is 1.34. The molecule has 0 bridgehead atoms. The molecule has 0 fully saturated rings. The summed E-state index contributed by atoms with van der Waals surface area (Å²) >= 11 is 0. The molecule has 1 aromatic carbocycles. The van der Waals surface area contributed by atoms with E-state index in [-0.39, 0.29) is 10.9 Å². The molecule has 1 aromatic heterocycles. The van der Waals surface area contributed by atoms with Gasteiger partial charge >= 0.3 is 5.97 Å². The predicted octanol–water partition coefficient (Wildman–Crippen LogP) is 1.55. The smallest absolute Gasteiger partial charge is 0.357 e. The lowest BCUT2D eigenvalue weighted by Crippen LogP contribution is -1.99. The Hall–Kier alpha value is -1.98. The molecule has 0 atom stereocenters. The van der Waals surface area contributed by atoms with E-state index < -0.39 is 23.3 Å². The number of hydrogen-bond donors (Lipinski definition) is 1. The Bertz CT molecular complexity index is 563. The molecule has 0 aliphatic carbocycles. The standard InChI is InChI=1S/C9H6F2N2O2/c1-13-6-3-4(10)2-5(11)7(6)8(12-13)9(14)15/h2-3H,1H3,(H,14,15). The van der Waals surface area contributed by atoms with Gasteiger partial charge in [0, 0.05) is 13.1 Å². The average Bonchev–Trinajstić information content (AvgIpc) is 2.44. The van der Waals surface area contributed by atoms with Crippen LogP contribution in [0.5, 0.6) is 0 Å². The van der Waals surface area contributed by atoms with Crippen LogP contribution in [0, 0.1) is 11.6 Å². The van der Waals surface area contributed by atoms with Gasteiger partial charge in [-0.15, -0.1) is 0 Å². The first-order valence-electron chi connectivity index (χ1n) is 4.05. The van der Waals surface area contributed by atoms with Gasteiger partial charge in [-0.2, -0.15) is 5.10 Å². The van der Waals surface area contributed by atoms with Gasteiger partial charge < -0.3 is 5.11 Å². The van der Waals surface area contributed by atoms with Gasteiger partial charge in [0.15, 0.2) is 5.69 Å². The van der Waals surface area contributed by atoms with Crippen LogP contribution >= 0.6 is 0 Å².